The molecular weight excluding hydrogens is 267 g/mol. The number of ether oxygens (including phenoxy) is 1. The molecule has 1 amide bonds. The summed E-state index contributed by atoms with van der Waals surface area (Å²) in [6.45, 7) is 0.391. The minimum absolute atomic E-state index is 0.0428. The fraction of sp³-hybridized carbons (Fsp3) is 0.462. The van der Waals surface area contributed by atoms with Gasteiger partial charge < -0.3 is 9.64 Å². The summed E-state index contributed by atoms with van der Waals surface area (Å²) in [5.41, 5.74) is 0.750. The Hall–Kier alpha value is -1.27. The van der Waals surface area contributed by atoms with Gasteiger partial charge in [-0.15, -0.1) is 11.8 Å². The normalized spacial score (nSPS) is 18.4. The van der Waals surface area contributed by atoms with E-state index in [0.717, 1.165) is 17.2 Å². The molecule has 1 aliphatic rings. The lowest BCUT2D eigenvalue weighted by molar-refractivity contribution is -0.131. The summed E-state index contributed by atoms with van der Waals surface area (Å²) < 4.78 is 18.4. The minimum atomic E-state index is -0.407. The predicted molar refractivity (Wildman–Crippen MR) is 73.7 cm³/mol. The number of hydrogen-bond donors (Lipinski definition) is 1. The van der Waals surface area contributed by atoms with Gasteiger partial charge in [0.05, 0.1) is 13.2 Å². The van der Waals surface area contributed by atoms with Crippen molar-refractivity contribution in [1.29, 1.82) is 0 Å². The summed E-state index contributed by atoms with van der Waals surface area (Å²) in [7, 11) is 3.16. The van der Waals surface area contributed by atoms with Crippen LogP contribution in [0.15, 0.2) is 18.2 Å². The summed E-state index contributed by atoms with van der Waals surface area (Å²) in [6, 6.07) is 4.62. The first-order chi connectivity index (χ1) is 9.11. The van der Waals surface area contributed by atoms with Crippen molar-refractivity contribution < 1.29 is 13.9 Å². The molecule has 0 aliphatic carbocycles. The molecule has 0 bridgehead atoms. The Labute approximate surface area is 116 Å². The SMILES string of the molecule is COc1ccc(CN(C)C(=O)[C@@H]2CSCN2)cc1F. The molecule has 0 spiro atoms. The molecule has 1 N–H and O–H groups in total. The lowest BCUT2D eigenvalue weighted by Gasteiger charge is -2.21. The molecule has 0 radical (unpaired) electrons. The molecule has 0 saturated carbocycles. The van der Waals surface area contributed by atoms with Crippen LogP contribution in [0.1, 0.15) is 5.56 Å². The maximum atomic E-state index is 13.6. The van der Waals surface area contributed by atoms with Crippen LogP contribution in [0.4, 0.5) is 4.39 Å². The maximum absolute atomic E-state index is 13.6. The second-order valence-electron chi connectivity index (χ2n) is 4.44. The van der Waals surface area contributed by atoms with Gasteiger partial charge in [0.2, 0.25) is 5.91 Å². The summed E-state index contributed by atoms with van der Waals surface area (Å²) in [6.07, 6.45) is 0. The Morgan fingerprint density at radius 3 is 3.00 bits per heavy atom. The first kappa shape index (κ1) is 14.1. The zero-order valence-electron chi connectivity index (χ0n) is 11.0. The van der Waals surface area contributed by atoms with Crippen molar-refractivity contribution in [3.05, 3.63) is 29.6 Å². The Morgan fingerprint density at radius 2 is 2.42 bits per heavy atom. The largest absolute Gasteiger partial charge is 0.494 e. The van der Waals surface area contributed by atoms with E-state index in [4.69, 9.17) is 4.74 Å². The van der Waals surface area contributed by atoms with E-state index in [1.54, 1.807) is 35.8 Å². The standard InChI is InChI=1S/C13H17FN2O2S/c1-16(13(17)11-7-19-8-15-11)6-9-3-4-12(18-2)10(14)5-9/h3-5,11,15H,6-8H2,1-2H3/t11-/m0/s1. The van der Waals surface area contributed by atoms with Crippen LogP contribution in [0.5, 0.6) is 5.75 Å². The van der Waals surface area contributed by atoms with Gasteiger partial charge in [-0.1, -0.05) is 6.07 Å². The molecule has 1 fully saturated rings. The fourth-order valence-electron chi connectivity index (χ4n) is 1.98. The van der Waals surface area contributed by atoms with Gasteiger partial charge in [-0.05, 0) is 17.7 Å². The number of nitrogens with zero attached hydrogens (tertiary/aromatic N) is 1. The van der Waals surface area contributed by atoms with Crippen LogP contribution in [0.3, 0.4) is 0 Å². The Bertz CT molecular complexity index is 464. The highest BCUT2D eigenvalue weighted by atomic mass is 32.2. The summed E-state index contributed by atoms with van der Waals surface area (Å²) in [5.74, 6) is 1.45. The number of benzene rings is 1. The van der Waals surface area contributed by atoms with Crippen LogP contribution in [0.2, 0.25) is 0 Å². The number of carbonyl (C=O) groups excluding carboxylic acids is 1. The van der Waals surface area contributed by atoms with Crippen LogP contribution >= 0.6 is 11.8 Å². The van der Waals surface area contributed by atoms with Gasteiger partial charge in [0.25, 0.3) is 0 Å². The first-order valence-electron chi connectivity index (χ1n) is 6.00. The Balaban J connectivity index is 1.99. The predicted octanol–water partition coefficient (Wildman–Crippen LogP) is 1.46. The quantitative estimate of drug-likeness (QED) is 0.909. The fourth-order valence-corrected chi connectivity index (χ4v) is 2.91. The second-order valence-corrected chi connectivity index (χ2v) is 5.47. The molecule has 1 saturated heterocycles. The van der Waals surface area contributed by atoms with Gasteiger partial charge in [0, 0.05) is 25.2 Å². The summed E-state index contributed by atoms with van der Waals surface area (Å²) in [4.78, 5) is 13.7. The molecule has 2 rings (SSSR count). The highest BCUT2D eigenvalue weighted by Gasteiger charge is 2.25. The average molecular weight is 284 g/mol. The van der Waals surface area contributed by atoms with E-state index < -0.39 is 5.82 Å². The molecule has 1 aliphatic heterocycles. The van der Waals surface area contributed by atoms with Crippen LogP contribution in [0.25, 0.3) is 0 Å². The topological polar surface area (TPSA) is 41.6 Å². The smallest absolute Gasteiger partial charge is 0.240 e. The highest BCUT2D eigenvalue weighted by molar-refractivity contribution is 7.99. The van der Waals surface area contributed by atoms with E-state index in [2.05, 4.69) is 5.32 Å². The molecular formula is C13H17FN2O2S. The minimum Gasteiger partial charge on any atom is -0.494 e. The molecule has 1 aromatic rings. The van der Waals surface area contributed by atoms with E-state index in [-0.39, 0.29) is 17.7 Å². The number of hydrogen-bond acceptors (Lipinski definition) is 4. The van der Waals surface area contributed by atoms with Gasteiger partial charge in [0.1, 0.15) is 0 Å². The van der Waals surface area contributed by atoms with Crippen molar-refractivity contribution >= 4 is 17.7 Å². The lowest BCUT2D eigenvalue weighted by Crippen LogP contribution is -2.42. The van der Waals surface area contributed by atoms with Crippen LogP contribution in [-0.2, 0) is 11.3 Å². The molecule has 104 valence electrons. The number of carbonyl (C=O) groups is 1. The van der Waals surface area contributed by atoms with Gasteiger partial charge in [-0.2, -0.15) is 0 Å². The second kappa shape index (κ2) is 6.25. The Kier molecular flexibility index (Phi) is 4.66. The van der Waals surface area contributed by atoms with E-state index in [1.165, 1.54) is 13.2 Å². The number of thioether (sulfide) groups is 1. The number of rotatable bonds is 4. The van der Waals surface area contributed by atoms with Crippen LogP contribution in [0, 0.1) is 5.82 Å². The van der Waals surface area contributed by atoms with E-state index in [0.29, 0.717) is 6.54 Å². The first-order valence-corrected chi connectivity index (χ1v) is 7.16. The van der Waals surface area contributed by atoms with Gasteiger partial charge in [-0.3, -0.25) is 10.1 Å². The molecule has 6 heteroatoms. The molecule has 0 aromatic heterocycles. The van der Waals surface area contributed by atoms with Crippen molar-refractivity contribution in [3.8, 4) is 5.75 Å². The van der Waals surface area contributed by atoms with Crippen LogP contribution in [-0.4, -0.2) is 42.6 Å². The summed E-state index contributed by atoms with van der Waals surface area (Å²) in [5, 5.41) is 3.13. The van der Waals surface area contributed by atoms with Crippen LogP contribution < -0.4 is 10.1 Å². The van der Waals surface area contributed by atoms with Crippen molar-refractivity contribution in [2.24, 2.45) is 0 Å². The lowest BCUT2D eigenvalue weighted by atomic mass is 10.2. The van der Waals surface area contributed by atoms with Crippen molar-refractivity contribution in [2.75, 3.05) is 25.8 Å². The highest BCUT2D eigenvalue weighted by Crippen LogP contribution is 2.19. The van der Waals surface area contributed by atoms with Gasteiger partial charge in [-0.25, -0.2) is 4.39 Å². The van der Waals surface area contributed by atoms with E-state index in [9.17, 15) is 9.18 Å². The third kappa shape index (κ3) is 3.39. The molecule has 1 atom stereocenters. The van der Waals surface area contributed by atoms with E-state index in [1.807, 2.05) is 0 Å². The van der Waals surface area contributed by atoms with Crippen molar-refractivity contribution in [3.63, 3.8) is 0 Å². The van der Waals surface area contributed by atoms with Crippen molar-refractivity contribution in [1.82, 2.24) is 10.2 Å². The number of halogens is 1. The van der Waals surface area contributed by atoms with Crippen molar-refractivity contribution in [2.45, 2.75) is 12.6 Å². The molecule has 19 heavy (non-hydrogen) atoms. The molecule has 1 heterocycles. The van der Waals surface area contributed by atoms with E-state index >= 15 is 0 Å². The molecule has 1 aromatic carbocycles. The zero-order chi connectivity index (χ0) is 13.8. The zero-order valence-corrected chi connectivity index (χ0v) is 11.8. The summed E-state index contributed by atoms with van der Waals surface area (Å²) >= 11 is 1.71. The number of amides is 1. The molecule has 4 nitrogen and oxygen atoms in total. The molecule has 0 unspecified atom stereocenters. The third-order valence-electron chi connectivity index (χ3n) is 3.03. The Morgan fingerprint density at radius 1 is 1.63 bits per heavy atom. The third-order valence-corrected chi connectivity index (χ3v) is 3.97. The maximum Gasteiger partial charge on any atom is 0.240 e. The number of likely N-dealkylation sites (N-methyl/N-ethyl adjacent to an activating group) is 1. The monoisotopic (exact) mass is 284 g/mol. The number of nitrogens with one attached hydrogen (secondary N) is 1. The number of methoxy groups -OCH3 is 1. The van der Waals surface area contributed by atoms with Gasteiger partial charge >= 0.3 is 0 Å². The average Bonchev–Trinajstić information content (AvgIpc) is 2.92. The van der Waals surface area contributed by atoms with Gasteiger partial charge in [0.15, 0.2) is 11.6 Å².